The fraction of sp³-hybridized carbons (Fsp3) is 0.562. The first-order chi connectivity index (χ1) is 9.20. The maximum absolute atomic E-state index is 12.1. The number of likely N-dealkylation sites (tertiary alicyclic amines) is 1. The molecule has 1 heterocycles. The first-order valence-electron chi connectivity index (χ1n) is 7.33. The summed E-state index contributed by atoms with van der Waals surface area (Å²) in [7, 11) is 0. The van der Waals surface area contributed by atoms with Gasteiger partial charge in [0.2, 0.25) is 0 Å². The summed E-state index contributed by atoms with van der Waals surface area (Å²) < 4.78 is 0. The minimum atomic E-state index is 0.223. The van der Waals surface area contributed by atoms with E-state index >= 15 is 0 Å². The molecule has 3 nitrogen and oxygen atoms in total. The van der Waals surface area contributed by atoms with Crippen LogP contribution >= 0.6 is 0 Å². The quantitative estimate of drug-likeness (QED) is 0.653. The fourth-order valence-electron chi connectivity index (χ4n) is 2.88. The summed E-state index contributed by atoms with van der Waals surface area (Å²) in [5.74, 6) is 0.223. The van der Waals surface area contributed by atoms with Crippen LogP contribution in [0.3, 0.4) is 0 Å². The van der Waals surface area contributed by atoms with Gasteiger partial charge in [0.25, 0.3) is 0 Å². The monoisotopic (exact) mass is 260 g/mol. The molecule has 0 aliphatic carbocycles. The number of hydrogen-bond acceptors (Lipinski definition) is 3. The van der Waals surface area contributed by atoms with Crippen LogP contribution in [0.5, 0.6) is 0 Å². The molecule has 0 saturated carbocycles. The maximum atomic E-state index is 12.1. The van der Waals surface area contributed by atoms with Gasteiger partial charge in [-0.15, -0.1) is 0 Å². The molecule has 1 aliphatic heterocycles. The highest BCUT2D eigenvalue weighted by Crippen LogP contribution is 2.20. The zero-order chi connectivity index (χ0) is 13.7. The van der Waals surface area contributed by atoms with Gasteiger partial charge in [0.1, 0.15) is 0 Å². The Kier molecular flexibility index (Phi) is 4.97. The molecule has 19 heavy (non-hydrogen) atoms. The Morgan fingerprint density at radius 3 is 2.74 bits per heavy atom. The smallest absolute Gasteiger partial charge is 0.164 e. The molecule has 104 valence electrons. The van der Waals surface area contributed by atoms with Crippen molar-refractivity contribution < 1.29 is 4.79 Å². The number of hydrogen-bond donors (Lipinski definition) is 1. The molecule has 1 atom stereocenters. The summed E-state index contributed by atoms with van der Waals surface area (Å²) in [6.45, 7) is 4.28. The lowest BCUT2D eigenvalue weighted by molar-refractivity contribution is 0.0923. The largest absolute Gasteiger partial charge is 0.399 e. The number of carbonyl (C=O) groups is 1. The lowest BCUT2D eigenvalue weighted by Crippen LogP contribution is -2.40. The fourth-order valence-corrected chi connectivity index (χ4v) is 2.88. The Balaban J connectivity index is 1.87. The van der Waals surface area contributed by atoms with E-state index in [4.69, 9.17) is 5.73 Å². The van der Waals surface area contributed by atoms with E-state index in [0.29, 0.717) is 18.2 Å². The van der Waals surface area contributed by atoms with Crippen molar-refractivity contribution in [1.82, 2.24) is 4.90 Å². The molecular formula is C16H24N2O. The van der Waals surface area contributed by atoms with Crippen molar-refractivity contribution in [3.63, 3.8) is 0 Å². The zero-order valence-electron chi connectivity index (χ0n) is 11.8. The van der Waals surface area contributed by atoms with Crippen molar-refractivity contribution in [1.29, 1.82) is 0 Å². The molecule has 1 saturated heterocycles. The van der Waals surface area contributed by atoms with Crippen LogP contribution in [0.1, 0.15) is 49.4 Å². The molecule has 0 radical (unpaired) electrons. The highest BCUT2D eigenvalue weighted by Gasteiger charge is 2.21. The SMILES string of the molecule is CCC1CCCCN1CCC(=O)c1ccc(N)cc1. The standard InChI is InChI=1S/C16H24N2O/c1-2-15-5-3-4-11-18(15)12-10-16(19)13-6-8-14(17)9-7-13/h6-9,15H,2-5,10-12,17H2,1H3. The highest BCUT2D eigenvalue weighted by molar-refractivity contribution is 5.96. The van der Waals surface area contributed by atoms with E-state index in [1.54, 1.807) is 12.1 Å². The van der Waals surface area contributed by atoms with Crippen molar-refractivity contribution in [3.05, 3.63) is 29.8 Å². The molecule has 0 bridgehead atoms. The minimum Gasteiger partial charge on any atom is -0.399 e. The molecule has 0 spiro atoms. The topological polar surface area (TPSA) is 46.3 Å². The lowest BCUT2D eigenvalue weighted by atomic mass is 9.99. The second-order valence-corrected chi connectivity index (χ2v) is 5.39. The molecule has 1 aromatic rings. The summed E-state index contributed by atoms with van der Waals surface area (Å²) >= 11 is 0. The summed E-state index contributed by atoms with van der Waals surface area (Å²) in [4.78, 5) is 14.6. The van der Waals surface area contributed by atoms with Crippen LogP contribution in [0.2, 0.25) is 0 Å². The third-order valence-electron chi connectivity index (χ3n) is 4.08. The molecule has 0 aromatic heterocycles. The molecule has 1 aromatic carbocycles. The van der Waals surface area contributed by atoms with Crippen LogP contribution in [-0.2, 0) is 0 Å². The van der Waals surface area contributed by atoms with Crippen molar-refractivity contribution in [2.45, 2.75) is 45.1 Å². The summed E-state index contributed by atoms with van der Waals surface area (Å²) in [6.07, 6.45) is 5.69. The molecule has 0 amide bonds. The Morgan fingerprint density at radius 2 is 2.05 bits per heavy atom. The Morgan fingerprint density at radius 1 is 1.32 bits per heavy atom. The van der Waals surface area contributed by atoms with E-state index < -0.39 is 0 Å². The number of ketones is 1. The number of piperidine rings is 1. The van der Waals surface area contributed by atoms with Crippen LogP contribution in [0, 0.1) is 0 Å². The van der Waals surface area contributed by atoms with Crippen LogP contribution in [0.4, 0.5) is 5.69 Å². The first kappa shape index (κ1) is 14.1. The number of anilines is 1. The van der Waals surface area contributed by atoms with Crippen LogP contribution in [-0.4, -0.2) is 29.8 Å². The Hall–Kier alpha value is -1.35. The van der Waals surface area contributed by atoms with Gasteiger partial charge in [-0.3, -0.25) is 9.69 Å². The third-order valence-corrected chi connectivity index (χ3v) is 4.08. The number of carbonyl (C=O) groups excluding carboxylic acids is 1. The molecule has 1 fully saturated rings. The Bertz CT molecular complexity index is 413. The second kappa shape index (κ2) is 6.71. The summed E-state index contributed by atoms with van der Waals surface area (Å²) in [6, 6.07) is 7.91. The number of nitrogens with zero attached hydrogens (tertiary/aromatic N) is 1. The number of nitrogens with two attached hydrogens (primary N) is 1. The van der Waals surface area contributed by atoms with Gasteiger partial charge in [0, 0.05) is 30.3 Å². The lowest BCUT2D eigenvalue weighted by Gasteiger charge is -2.35. The molecule has 2 N–H and O–H groups in total. The average molecular weight is 260 g/mol. The van der Waals surface area contributed by atoms with Gasteiger partial charge in [0.15, 0.2) is 5.78 Å². The minimum absolute atomic E-state index is 0.223. The number of benzene rings is 1. The van der Waals surface area contributed by atoms with Crippen molar-refractivity contribution in [3.8, 4) is 0 Å². The molecule has 2 rings (SSSR count). The molecule has 1 unspecified atom stereocenters. The number of rotatable bonds is 5. The average Bonchev–Trinajstić information content (AvgIpc) is 2.45. The van der Waals surface area contributed by atoms with Gasteiger partial charge in [0.05, 0.1) is 0 Å². The van der Waals surface area contributed by atoms with Gasteiger partial charge in [-0.1, -0.05) is 13.3 Å². The first-order valence-corrected chi connectivity index (χ1v) is 7.33. The predicted octanol–water partition coefficient (Wildman–Crippen LogP) is 3.11. The van der Waals surface area contributed by atoms with Gasteiger partial charge in [-0.2, -0.15) is 0 Å². The zero-order valence-corrected chi connectivity index (χ0v) is 11.8. The van der Waals surface area contributed by atoms with Gasteiger partial charge < -0.3 is 5.73 Å². The van der Waals surface area contributed by atoms with Crippen LogP contribution < -0.4 is 5.73 Å². The molecule has 1 aliphatic rings. The highest BCUT2D eigenvalue weighted by atomic mass is 16.1. The summed E-state index contributed by atoms with van der Waals surface area (Å²) in [5, 5.41) is 0. The number of nitrogen functional groups attached to an aromatic ring is 1. The predicted molar refractivity (Wildman–Crippen MR) is 79.3 cm³/mol. The van der Waals surface area contributed by atoms with Crippen LogP contribution in [0.25, 0.3) is 0 Å². The maximum Gasteiger partial charge on any atom is 0.164 e. The molecule has 3 heteroatoms. The number of Topliss-reactive ketones (excluding diaryl/α,β-unsaturated/α-hetero) is 1. The normalized spacial score (nSPS) is 20.4. The van der Waals surface area contributed by atoms with Gasteiger partial charge in [-0.05, 0) is 50.1 Å². The van der Waals surface area contributed by atoms with E-state index in [9.17, 15) is 4.79 Å². The van der Waals surface area contributed by atoms with E-state index in [1.165, 1.54) is 25.7 Å². The second-order valence-electron chi connectivity index (χ2n) is 5.39. The summed E-state index contributed by atoms with van der Waals surface area (Å²) in [5.41, 5.74) is 7.12. The van der Waals surface area contributed by atoms with Crippen LogP contribution in [0.15, 0.2) is 24.3 Å². The van der Waals surface area contributed by atoms with Gasteiger partial charge in [-0.25, -0.2) is 0 Å². The third kappa shape index (κ3) is 3.80. The van der Waals surface area contributed by atoms with Crippen molar-refractivity contribution >= 4 is 11.5 Å². The van der Waals surface area contributed by atoms with E-state index in [2.05, 4.69) is 11.8 Å². The Labute approximate surface area is 115 Å². The van der Waals surface area contributed by atoms with E-state index in [0.717, 1.165) is 18.7 Å². The molecular weight excluding hydrogens is 236 g/mol. The van der Waals surface area contributed by atoms with Gasteiger partial charge >= 0.3 is 0 Å². The van der Waals surface area contributed by atoms with Crippen molar-refractivity contribution in [2.24, 2.45) is 0 Å². The van der Waals surface area contributed by atoms with E-state index in [1.807, 2.05) is 12.1 Å². The van der Waals surface area contributed by atoms with Crippen molar-refractivity contribution in [2.75, 3.05) is 18.8 Å². The van der Waals surface area contributed by atoms with E-state index in [-0.39, 0.29) is 5.78 Å².